The van der Waals surface area contributed by atoms with Gasteiger partial charge >= 0.3 is 0 Å². The van der Waals surface area contributed by atoms with Crippen LogP contribution < -0.4 is 10.5 Å². The first-order valence-electron chi connectivity index (χ1n) is 6.11. The molecule has 110 valence electrons. The fourth-order valence-corrected chi connectivity index (χ4v) is 3.89. The molecule has 0 spiro atoms. The summed E-state index contributed by atoms with van der Waals surface area (Å²) in [5.74, 6) is 0.0377. The van der Waals surface area contributed by atoms with E-state index in [0.29, 0.717) is 29.5 Å². The molecule has 1 aromatic rings. The number of piperidine rings is 1. The van der Waals surface area contributed by atoms with Crippen LogP contribution in [0.4, 0.5) is 5.69 Å². The SMILES string of the molecule is CN1CC(NS(=O)(=O)c2ccc(N)c(Br)c2)CCC1=O. The Hall–Kier alpha value is -1.12. The van der Waals surface area contributed by atoms with Crippen LogP contribution in [-0.2, 0) is 14.8 Å². The molecule has 1 fully saturated rings. The Morgan fingerprint density at radius 3 is 2.75 bits per heavy atom. The third-order valence-electron chi connectivity index (χ3n) is 3.23. The Labute approximate surface area is 126 Å². The van der Waals surface area contributed by atoms with Gasteiger partial charge in [0.2, 0.25) is 15.9 Å². The van der Waals surface area contributed by atoms with Crippen molar-refractivity contribution in [3.63, 3.8) is 0 Å². The van der Waals surface area contributed by atoms with E-state index in [0.717, 1.165) is 0 Å². The molecule has 2 rings (SSSR count). The van der Waals surface area contributed by atoms with E-state index in [9.17, 15) is 13.2 Å². The molecule has 0 bridgehead atoms. The fraction of sp³-hybridized carbons (Fsp3) is 0.417. The molecule has 1 atom stereocenters. The number of likely N-dealkylation sites (N-methyl/N-ethyl adjacent to an activating group) is 1. The zero-order chi connectivity index (χ0) is 14.9. The highest BCUT2D eigenvalue weighted by atomic mass is 79.9. The van der Waals surface area contributed by atoms with Crippen molar-refractivity contribution in [3.8, 4) is 0 Å². The van der Waals surface area contributed by atoms with Gasteiger partial charge in [-0.3, -0.25) is 4.79 Å². The van der Waals surface area contributed by atoms with Crippen LogP contribution in [0.2, 0.25) is 0 Å². The number of nitrogens with zero attached hydrogens (tertiary/aromatic N) is 1. The van der Waals surface area contributed by atoms with Crippen molar-refractivity contribution >= 4 is 37.5 Å². The Balaban J connectivity index is 2.15. The number of nitrogens with one attached hydrogen (secondary N) is 1. The summed E-state index contributed by atoms with van der Waals surface area (Å²) in [7, 11) is -1.94. The molecule has 0 aromatic heterocycles. The maximum Gasteiger partial charge on any atom is 0.240 e. The van der Waals surface area contributed by atoms with E-state index in [1.54, 1.807) is 7.05 Å². The molecule has 1 aliphatic heterocycles. The largest absolute Gasteiger partial charge is 0.398 e. The number of benzene rings is 1. The summed E-state index contributed by atoms with van der Waals surface area (Å²) in [6.45, 7) is 0.383. The molecule has 0 aliphatic carbocycles. The summed E-state index contributed by atoms with van der Waals surface area (Å²) in [6.07, 6.45) is 0.869. The highest BCUT2D eigenvalue weighted by molar-refractivity contribution is 9.10. The van der Waals surface area contributed by atoms with Gasteiger partial charge in [-0.15, -0.1) is 0 Å². The molecule has 1 saturated heterocycles. The average molecular weight is 362 g/mol. The second-order valence-electron chi connectivity index (χ2n) is 4.81. The van der Waals surface area contributed by atoms with E-state index < -0.39 is 10.0 Å². The lowest BCUT2D eigenvalue weighted by molar-refractivity contribution is -0.132. The number of carbonyl (C=O) groups is 1. The summed E-state index contributed by atoms with van der Waals surface area (Å²) in [4.78, 5) is 13.1. The van der Waals surface area contributed by atoms with Crippen LogP contribution in [0.15, 0.2) is 27.6 Å². The third-order valence-corrected chi connectivity index (χ3v) is 5.44. The van der Waals surface area contributed by atoms with Gasteiger partial charge in [0.25, 0.3) is 0 Å². The lowest BCUT2D eigenvalue weighted by Gasteiger charge is -2.29. The lowest BCUT2D eigenvalue weighted by Crippen LogP contribution is -2.48. The van der Waals surface area contributed by atoms with Crippen molar-refractivity contribution in [2.24, 2.45) is 0 Å². The van der Waals surface area contributed by atoms with Crippen molar-refractivity contribution in [1.29, 1.82) is 0 Å². The number of hydrogen-bond donors (Lipinski definition) is 2. The summed E-state index contributed by atoms with van der Waals surface area (Å²) >= 11 is 3.21. The molecule has 0 saturated carbocycles. The smallest absolute Gasteiger partial charge is 0.240 e. The molecule has 3 N–H and O–H groups in total. The van der Waals surface area contributed by atoms with Crippen LogP contribution in [0, 0.1) is 0 Å². The minimum atomic E-state index is -3.61. The van der Waals surface area contributed by atoms with E-state index in [-0.39, 0.29) is 16.8 Å². The molecule has 0 radical (unpaired) electrons. The number of carbonyl (C=O) groups excluding carboxylic acids is 1. The number of sulfonamides is 1. The number of nitrogens with two attached hydrogens (primary N) is 1. The van der Waals surface area contributed by atoms with Crippen LogP contribution in [0.5, 0.6) is 0 Å². The number of amides is 1. The molecule has 1 unspecified atom stereocenters. The quantitative estimate of drug-likeness (QED) is 0.783. The monoisotopic (exact) mass is 361 g/mol. The number of likely N-dealkylation sites (tertiary alicyclic amines) is 1. The van der Waals surface area contributed by atoms with Gasteiger partial charge in [-0.1, -0.05) is 0 Å². The Morgan fingerprint density at radius 2 is 2.15 bits per heavy atom. The predicted molar refractivity (Wildman–Crippen MR) is 79.5 cm³/mol. The standard InChI is InChI=1S/C12H16BrN3O3S/c1-16-7-8(2-5-12(16)17)15-20(18,19)9-3-4-11(14)10(13)6-9/h3-4,6,8,15H,2,5,7,14H2,1H3. The van der Waals surface area contributed by atoms with Crippen LogP contribution in [-0.4, -0.2) is 38.9 Å². The van der Waals surface area contributed by atoms with E-state index in [4.69, 9.17) is 5.73 Å². The van der Waals surface area contributed by atoms with E-state index in [1.165, 1.54) is 23.1 Å². The maximum absolute atomic E-state index is 12.3. The summed E-state index contributed by atoms with van der Waals surface area (Å²) in [6, 6.07) is 4.20. The van der Waals surface area contributed by atoms with Crippen molar-refractivity contribution in [1.82, 2.24) is 9.62 Å². The zero-order valence-corrected chi connectivity index (χ0v) is 13.4. The van der Waals surface area contributed by atoms with E-state index in [2.05, 4.69) is 20.7 Å². The second kappa shape index (κ2) is 5.71. The van der Waals surface area contributed by atoms with Gasteiger partial charge in [-0.25, -0.2) is 13.1 Å². The summed E-state index contributed by atoms with van der Waals surface area (Å²) in [5.41, 5.74) is 6.12. The van der Waals surface area contributed by atoms with Crippen molar-refractivity contribution in [3.05, 3.63) is 22.7 Å². The number of halogens is 1. The highest BCUT2D eigenvalue weighted by Gasteiger charge is 2.27. The van der Waals surface area contributed by atoms with Gasteiger partial charge in [-0.05, 0) is 40.5 Å². The Bertz CT molecular complexity index is 633. The van der Waals surface area contributed by atoms with Crippen LogP contribution in [0.25, 0.3) is 0 Å². The number of anilines is 1. The molecular weight excluding hydrogens is 346 g/mol. The normalized spacial score (nSPS) is 20.2. The van der Waals surface area contributed by atoms with E-state index >= 15 is 0 Å². The average Bonchev–Trinajstić information content (AvgIpc) is 2.37. The minimum Gasteiger partial charge on any atom is -0.398 e. The van der Waals surface area contributed by atoms with Crippen LogP contribution >= 0.6 is 15.9 Å². The first-order valence-corrected chi connectivity index (χ1v) is 8.38. The van der Waals surface area contributed by atoms with Crippen molar-refractivity contribution in [2.45, 2.75) is 23.8 Å². The molecule has 8 heteroatoms. The van der Waals surface area contributed by atoms with Gasteiger partial charge in [0.05, 0.1) is 4.90 Å². The van der Waals surface area contributed by atoms with Crippen molar-refractivity contribution in [2.75, 3.05) is 19.3 Å². The molecule has 1 aliphatic rings. The minimum absolute atomic E-state index is 0.0377. The second-order valence-corrected chi connectivity index (χ2v) is 7.38. The van der Waals surface area contributed by atoms with Crippen LogP contribution in [0.1, 0.15) is 12.8 Å². The first kappa shape index (κ1) is 15.3. The van der Waals surface area contributed by atoms with E-state index in [1.807, 2.05) is 0 Å². The zero-order valence-electron chi connectivity index (χ0n) is 11.0. The lowest BCUT2D eigenvalue weighted by atomic mass is 10.1. The van der Waals surface area contributed by atoms with Gasteiger partial charge in [0, 0.05) is 36.2 Å². The highest BCUT2D eigenvalue weighted by Crippen LogP contribution is 2.23. The van der Waals surface area contributed by atoms with Crippen LogP contribution in [0.3, 0.4) is 0 Å². The molecule has 20 heavy (non-hydrogen) atoms. The molecule has 1 amide bonds. The Kier molecular flexibility index (Phi) is 4.36. The molecule has 1 aromatic carbocycles. The predicted octanol–water partition coefficient (Wildman–Crippen LogP) is 0.930. The van der Waals surface area contributed by atoms with Crippen molar-refractivity contribution < 1.29 is 13.2 Å². The fourth-order valence-electron chi connectivity index (χ4n) is 2.07. The van der Waals surface area contributed by atoms with Gasteiger partial charge in [-0.2, -0.15) is 0 Å². The number of rotatable bonds is 3. The maximum atomic E-state index is 12.3. The first-order chi connectivity index (χ1) is 9.29. The number of hydrogen-bond acceptors (Lipinski definition) is 4. The van der Waals surface area contributed by atoms with Gasteiger partial charge < -0.3 is 10.6 Å². The number of nitrogen functional groups attached to an aromatic ring is 1. The Morgan fingerprint density at radius 1 is 1.45 bits per heavy atom. The topological polar surface area (TPSA) is 92.5 Å². The van der Waals surface area contributed by atoms with Gasteiger partial charge in [0.1, 0.15) is 0 Å². The summed E-state index contributed by atoms with van der Waals surface area (Å²) < 4.78 is 27.7. The molecule has 1 heterocycles. The third kappa shape index (κ3) is 3.31. The summed E-state index contributed by atoms with van der Waals surface area (Å²) in [5, 5.41) is 0. The molecular formula is C12H16BrN3O3S. The van der Waals surface area contributed by atoms with Gasteiger partial charge in [0.15, 0.2) is 0 Å². The molecule has 6 nitrogen and oxygen atoms in total.